The molecule has 0 aromatic carbocycles. The van der Waals surface area contributed by atoms with Gasteiger partial charge in [0.15, 0.2) is 0 Å². The van der Waals surface area contributed by atoms with Crippen LogP contribution in [0.3, 0.4) is 0 Å². The highest BCUT2D eigenvalue weighted by molar-refractivity contribution is 5.68. The summed E-state index contributed by atoms with van der Waals surface area (Å²) in [6.07, 6.45) is 1.44. The molecule has 1 aromatic heterocycles. The van der Waals surface area contributed by atoms with Gasteiger partial charge in [-0.1, -0.05) is 0 Å². The lowest BCUT2D eigenvalue weighted by Gasteiger charge is -1.95. The molecule has 10 heavy (non-hydrogen) atoms. The number of nitrogens with zero attached hydrogens (tertiary/aromatic N) is 1. The third-order valence-corrected chi connectivity index (χ3v) is 0.837. The van der Waals surface area contributed by atoms with Crippen LogP contribution in [0.4, 0.5) is 0 Å². The van der Waals surface area contributed by atoms with Gasteiger partial charge >= 0.3 is 5.97 Å². The molecule has 0 bridgehead atoms. The van der Waals surface area contributed by atoms with Gasteiger partial charge in [0.05, 0.1) is 0 Å². The zero-order valence-corrected chi connectivity index (χ0v) is 5.50. The number of rotatable bonds is 1. The Balaban J connectivity index is 2.67. The minimum atomic E-state index is -0.362. The van der Waals surface area contributed by atoms with Crippen LogP contribution in [0, 0.1) is 6.07 Å². The van der Waals surface area contributed by atoms with E-state index < -0.39 is 0 Å². The molecule has 0 aliphatic rings. The Bertz CT molecular complexity index is 220. The molecule has 0 N–H and O–H groups in total. The number of aromatic nitrogens is 1. The molecular weight excluding hydrogens is 130 g/mol. The molecular formula is C7H6NO2. The first-order valence-electron chi connectivity index (χ1n) is 2.79. The van der Waals surface area contributed by atoms with E-state index in [9.17, 15) is 4.79 Å². The van der Waals surface area contributed by atoms with Gasteiger partial charge in [-0.25, -0.2) is 4.98 Å². The van der Waals surface area contributed by atoms with Gasteiger partial charge in [-0.05, 0) is 6.07 Å². The van der Waals surface area contributed by atoms with E-state index in [0.717, 1.165) is 0 Å². The van der Waals surface area contributed by atoms with E-state index in [4.69, 9.17) is 0 Å². The van der Waals surface area contributed by atoms with Crippen LogP contribution in [0.25, 0.3) is 0 Å². The van der Waals surface area contributed by atoms with Crippen LogP contribution in [-0.4, -0.2) is 11.0 Å². The van der Waals surface area contributed by atoms with E-state index >= 15 is 0 Å². The van der Waals surface area contributed by atoms with Crippen molar-refractivity contribution in [3.63, 3.8) is 0 Å². The predicted molar refractivity (Wildman–Crippen MR) is 34.4 cm³/mol. The van der Waals surface area contributed by atoms with Crippen molar-refractivity contribution < 1.29 is 9.53 Å². The smallest absolute Gasteiger partial charge is 0.309 e. The van der Waals surface area contributed by atoms with E-state index in [2.05, 4.69) is 15.8 Å². The molecule has 3 nitrogen and oxygen atoms in total. The van der Waals surface area contributed by atoms with Crippen LogP contribution >= 0.6 is 0 Å². The molecule has 0 saturated heterocycles. The summed E-state index contributed by atoms with van der Waals surface area (Å²) < 4.78 is 4.64. The van der Waals surface area contributed by atoms with Crippen LogP contribution in [0.5, 0.6) is 5.88 Å². The van der Waals surface area contributed by atoms with E-state index in [0.29, 0.717) is 5.88 Å². The summed E-state index contributed by atoms with van der Waals surface area (Å²) in [5.41, 5.74) is 0. The lowest BCUT2D eigenvalue weighted by Crippen LogP contribution is -2.02. The number of hydrogen-bond acceptors (Lipinski definition) is 3. The Morgan fingerprint density at radius 3 is 3.10 bits per heavy atom. The Kier molecular flexibility index (Phi) is 1.99. The average molecular weight is 136 g/mol. The van der Waals surface area contributed by atoms with Crippen LogP contribution in [0.15, 0.2) is 18.3 Å². The zero-order chi connectivity index (χ0) is 7.40. The van der Waals surface area contributed by atoms with Crippen molar-refractivity contribution in [3.05, 3.63) is 24.4 Å². The van der Waals surface area contributed by atoms with Crippen molar-refractivity contribution in [2.45, 2.75) is 6.92 Å². The maximum absolute atomic E-state index is 10.3. The fourth-order valence-corrected chi connectivity index (χ4v) is 0.514. The Morgan fingerprint density at radius 1 is 1.80 bits per heavy atom. The van der Waals surface area contributed by atoms with E-state index in [1.54, 1.807) is 12.1 Å². The number of carbonyl (C=O) groups is 1. The number of hydrogen-bond donors (Lipinski definition) is 0. The van der Waals surface area contributed by atoms with Gasteiger partial charge in [-0.2, -0.15) is 0 Å². The van der Waals surface area contributed by atoms with Gasteiger partial charge in [0.1, 0.15) is 0 Å². The molecule has 3 heteroatoms. The number of pyridine rings is 1. The highest BCUT2D eigenvalue weighted by Crippen LogP contribution is 2.01. The third kappa shape index (κ3) is 1.85. The third-order valence-electron chi connectivity index (χ3n) is 0.837. The summed E-state index contributed by atoms with van der Waals surface area (Å²) in [5, 5.41) is 0. The Morgan fingerprint density at radius 2 is 2.60 bits per heavy atom. The van der Waals surface area contributed by atoms with Gasteiger partial charge in [0.2, 0.25) is 5.88 Å². The van der Waals surface area contributed by atoms with Crippen molar-refractivity contribution in [2.24, 2.45) is 0 Å². The first-order chi connectivity index (χ1) is 4.79. The van der Waals surface area contributed by atoms with Gasteiger partial charge in [0, 0.05) is 25.3 Å². The van der Waals surface area contributed by atoms with Crippen molar-refractivity contribution >= 4 is 5.97 Å². The van der Waals surface area contributed by atoms with Crippen molar-refractivity contribution in [1.82, 2.24) is 4.98 Å². The lowest BCUT2D eigenvalue weighted by atomic mass is 10.5. The quantitative estimate of drug-likeness (QED) is 0.536. The minimum absolute atomic E-state index is 0.311. The topological polar surface area (TPSA) is 39.2 Å². The molecule has 0 spiro atoms. The second-order valence-electron chi connectivity index (χ2n) is 1.69. The first-order valence-corrected chi connectivity index (χ1v) is 2.79. The van der Waals surface area contributed by atoms with Crippen LogP contribution in [0.2, 0.25) is 0 Å². The van der Waals surface area contributed by atoms with E-state index in [1.165, 1.54) is 13.1 Å². The molecule has 0 aliphatic carbocycles. The second kappa shape index (κ2) is 2.96. The van der Waals surface area contributed by atoms with Crippen LogP contribution in [0.1, 0.15) is 6.92 Å². The normalized spacial score (nSPS) is 8.90. The summed E-state index contributed by atoms with van der Waals surface area (Å²) in [6.45, 7) is 1.33. The zero-order valence-electron chi connectivity index (χ0n) is 5.50. The number of carbonyl (C=O) groups excluding carboxylic acids is 1. The first kappa shape index (κ1) is 6.74. The summed E-state index contributed by atoms with van der Waals surface area (Å²) in [4.78, 5) is 14.1. The Hall–Kier alpha value is -1.38. The maximum Gasteiger partial charge on any atom is 0.309 e. The van der Waals surface area contributed by atoms with E-state index in [1.807, 2.05) is 0 Å². The van der Waals surface area contributed by atoms with Crippen molar-refractivity contribution in [2.75, 3.05) is 0 Å². The number of esters is 1. The standard InChI is InChI=1S/C7H6NO2/c1-6(9)10-7-4-2-3-5-8-7/h2,4-5H,1H3. The summed E-state index contributed by atoms with van der Waals surface area (Å²) >= 11 is 0. The van der Waals surface area contributed by atoms with Crippen LogP contribution < -0.4 is 4.74 Å². The predicted octanol–water partition coefficient (Wildman–Crippen LogP) is 0.807. The summed E-state index contributed by atoms with van der Waals surface area (Å²) in [6, 6.07) is 5.90. The van der Waals surface area contributed by atoms with E-state index in [-0.39, 0.29) is 5.97 Å². The highest BCUT2D eigenvalue weighted by atomic mass is 16.5. The molecule has 0 aliphatic heterocycles. The molecule has 51 valence electrons. The fraction of sp³-hybridized carbons (Fsp3) is 0.143. The molecule has 0 unspecified atom stereocenters. The molecule has 1 rings (SSSR count). The molecule has 0 saturated carbocycles. The molecule has 0 fully saturated rings. The average Bonchev–Trinajstić information content (AvgIpc) is 1.88. The largest absolute Gasteiger partial charge is 0.408 e. The second-order valence-corrected chi connectivity index (χ2v) is 1.69. The monoisotopic (exact) mass is 136 g/mol. The van der Waals surface area contributed by atoms with Crippen LogP contribution in [-0.2, 0) is 4.79 Å². The van der Waals surface area contributed by atoms with Gasteiger partial charge in [0.25, 0.3) is 0 Å². The molecule has 1 aromatic rings. The van der Waals surface area contributed by atoms with Crippen molar-refractivity contribution in [3.8, 4) is 5.88 Å². The molecule has 0 amide bonds. The summed E-state index contributed by atoms with van der Waals surface area (Å²) in [7, 11) is 0. The minimum Gasteiger partial charge on any atom is -0.408 e. The molecule has 1 radical (unpaired) electrons. The molecule has 1 heterocycles. The fourth-order valence-electron chi connectivity index (χ4n) is 0.514. The van der Waals surface area contributed by atoms with Gasteiger partial charge in [-0.15, -0.1) is 0 Å². The van der Waals surface area contributed by atoms with Gasteiger partial charge < -0.3 is 4.74 Å². The Labute approximate surface area is 58.7 Å². The van der Waals surface area contributed by atoms with Gasteiger partial charge in [-0.3, -0.25) is 4.79 Å². The van der Waals surface area contributed by atoms with Crippen molar-refractivity contribution in [1.29, 1.82) is 0 Å². The number of ether oxygens (including phenoxy) is 1. The highest BCUT2D eigenvalue weighted by Gasteiger charge is 1.94. The SMILES string of the molecule is CC(=O)Oc1cc[c]cn1. The maximum atomic E-state index is 10.3. The lowest BCUT2D eigenvalue weighted by molar-refractivity contribution is -0.132. The summed E-state index contributed by atoms with van der Waals surface area (Å²) in [5.74, 6) is -0.0510. The molecule has 0 atom stereocenters.